The quantitative estimate of drug-likeness (QED) is 0.239. The van der Waals surface area contributed by atoms with Crippen LogP contribution in [0.25, 0.3) is 0 Å². The Morgan fingerprint density at radius 2 is 1.60 bits per heavy atom. The summed E-state index contributed by atoms with van der Waals surface area (Å²) in [7, 11) is 0. The first kappa shape index (κ1) is 32.4. The highest BCUT2D eigenvalue weighted by atomic mass is 16.6. The summed E-state index contributed by atoms with van der Waals surface area (Å²) in [5.74, 6) is -0.643. The van der Waals surface area contributed by atoms with Crippen molar-refractivity contribution in [2.45, 2.75) is 138 Å². The van der Waals surface area contributed by atoms with E-state index in [0.717, 1.165) is 37.7 Å². The first-order valence-corrected chi connectivity index (χ1v) is 16.6. The zero-order valence-corrected chi connectivity index (χ0v) is 27.5. The summed E-state index contributed by atoms with van der Waals surface area (Å²) < 4.78 is 6.07. The van der Waals surface area contributed by atoms with Crippen LogP contribution < -0.4 is 0 Å². The molecule has 5 aliphatic rings. The van der Waals surface area contributed by atoms with E-state index in [-0.39, 0.29) is 34.2 Å². The van der Waals surface area contributed by atoms with Gasteiger partial charge in [0.15, 0.2) is 0 Å². The van der Waals surface area contributed by atoms with Gasteiger partial charge in [0, 0.05) is 5.41 Å². The molecule has 240 valence electrons. The molecule has 0 spiro atoms. The molecular formula is C35H58O7. The molecule has 0 aromatic heterocycles. The molecule has 0 aliphatic heterocycles. The molecule has 0 bridgehead atoms. The van der Waals surface area contributed by atoms with E-state index >= 15 is 0 Å². The van der Waals surface area contributed by atoms with Gasteiger partial charge in [0.1, 0.15) is 6.10 Å². The summed E-state index contributed by atoms with van der Waals surface area (Å²) >= 11 is 0. The minimum absolute atomic E-state index is 0.0344. The van der Waals surface area contributed by atoms with E-state index < -0.39 is 59.2 Å². The molecule has 0 saturated heterocycles. The van der Waals surface area contributed by atoms with E-state index in [0.29, 0.717) is 18.8 Å². The van der Waals surface area contributed by atoms with E-state index in [4.69, 9.17) is 4.74 Å². The lowest BCUT2D eigenvalue weighted by atomic mass is 9.32. The van der Waals surface area contributed by atoms with Crippen LogP contribution in [0.5, 0.6) is 0 Å². The van der Waals surface area contributed by atoms with Gasteiger partial charge in [0.05, 0.1) is 42.4 Å². The first-order valence-electron chi connectivity index (χ1n) is 16.6. The van der Waals surface area contributed by atoms with Gasteiger partial charge in [-0.3, -0.25) is 4.79 Å². The number of rotatable bonds is 4. The van der Waals surface area contributed by atoms with Crippen LogP contribution in [0.1, 0.15) is 107 Å². The summed E-state index contributed by atoms with van der Waals surface area (Å²) in [6.07, 6.45) is 2.44. The van der Waals surface area contributed by atoms with Crippen LogP contribution >= 0.6 is 0 Å². The molecule has 0 heterocycles. The molecule has 4 saturated carbocycles. The van der Waals surface area contributed by atoms with Crippen LogP contribution in [0.3, 0.4) is 0 Å². The predicted molar refractivity (Wildman–Crippen MR) is 161 cm³/mol. The highest BCUT2D eigenvalue weighted by Gasteiger charge is 2.75. The number of hydrogen-bond acceptors (Lipinski definition) is 7. The summed E-state index contributed by atoms with van der Waals surface area (Å²) in [6, 6.07) is 0. The predicted octanol–water partition coefficient (Wildman–Crippen LogP) is 4.62. The maximum atomic E-state index is 13.2. The minimum Gasteiger partial charge on any atom is -0.459 e. The Morgan fingerprint density at radius 3 is 2.19 bits per heavy atom. The van der Waals surface area contributed by atoms with Gasteiger partial charge >= 0.3 is 5.97 Å². The number of hydrogen-bond donors (Lipinski definition) is 5. The van der Waals surface area contributed by atoms with Gasteiger partial charge in [-0.2, -0.15) is 0 Å². The molecule has 5 N–H and O–H groups in total. The third kappa shape index (κ3) is 3.85. The zero-order chi connectivity index (χ0) is 31.4. The van der Waals surface area contributed by atoms with E-state index in [1.54, 1.807) is 6.92 Å². The minimum atomic E-state index is -1.43. The van der Waals surface area contributed by atoms with Crippen LogP contribution in [0.2, 0.25) is 0 Å². The average molecular weight is 591 g/mol. The van der Waals surface area contributed by atoms with E-state index in [1.165, 1.54) is 0 Å². The van der Waals surface area contributed by atoms with E-state index in [2.05, 4.69) is 40.7 Å². The number of aliphatic hydroxyl groups excluding tert-OH is 5. The number of carbonyl (C=O) groups excluding carboxylic acids is 1. The fraction of sp³-hybridized carbons (Fsp3) is 0.914. The second-order valence-corrected chi connectivity index (χ2v) is 17.1. The summed E-state index contributed by atoms with van der Waals surface area (Å²) in [5.41, 5.74) is -2.40. The number of esters is 1. The summed E-state index contributed by atoms with van der Waals surface area (Å²) in [6.45, 7) is 18.3. The molecule has 7 nitrogen and oxygen atoms in total. The number of carbonyl (C=O) groups is 1. The van der Waals surface area contributed by atoms with Crippen molar-refractivity contribution in [3.8, 4) is 0 Å². The first-order chi connectivity index (χ1) is 19.3. The third-order valence-electron chi connectivity index (χ3n) is 14.7. The highest BCUT2D eigenvalue weighted by Crippen LogP contribution is 2.75. The second kappa shape index (κ2) is 10.0. The van der Waals surface area contributed by atoms with Crippen LogP contribution in [-0.2, 0) is 9.53 Å². The van der Waals surface area contributed by atoms with Crippen LogP contribution in [-0.4, -0.2) is 68.6 Å². The molecule has 13 atom stereocenters. The maximum Gasteiger partial charge on any atom is 0.309 e. The molecular weight excluding hydrogens is 532 g/mol. The smallest absolute Gasteiger partial charge is 0.309 e. The standard InChI is InChI=1S/C35H58O7/c1-10-19(2)29(41)42-28-27(40)30(3,4)17-21-20-11-12-23-32(7)15-14-24(37)31(5,6)22(32)13-16-33(23,8)34(20,9)25(38)26(39)35(21,28)18-36/h11,19,21-28,36-40H,10,12-18H2,1-9H3/t19?,21-,22-,23+,24-,25-,26+,27-,28-,32-,33+,34-,35-/m0/s1. The number of aliphatic hydroxyl groups is 5. The number of allylic oxidation sites excluding steroid dienone is 1. The lowest BCUT2D eigenvalue weighted by Gasteiger charge is -2.73. The number of fused-ring (bicyclic) bond motifs is 7. The van der Waals surface area contributed by atoms with E-state index in [1.807, 2.05) is 20.8 Å². The van der Waals surface area contributed by atoms with Gasteiger partial charge in [0.2, 0.25) is 0 Å². The molecule has 0 radical (unpaired) electrons. The van der Waals surface area contributed by atoms with Crippen molar-refractivity contribution in [3.05, 3.63) is 11.6 Å². The Labute approximate surface area is 253 Å². The van der Waals surface area contributed by atoms with Crippen molar-refractivity contribution < 1.29 is 35.1 Å². The molecule has 0 aromatic rings. The average Bonchev–Trinajstić information content (AvgIpc) is 2.92. The number of ether oxygens (including phenoxy) is 1. The molecule has 5 rings (SSSR count). The molecule has 0 aromatic carbocycles. The van der Waals surface area contributed by atoms with Gasteiger partial charge in [-0.1, -0.05) is 74.0 Å². The lowest BCUT2D eigenvalue weighted by Crippen LogP contribution is -2.76. The van der Waals surface area contributed by atoms with Crippen molar-refractivity contribution in [1.82, 2.24) is 0 Å². The van der Waals surface area contributed by atoms with Gasteiger partial charge < -0.3 is 30.3 Å². The molecule has 1 unspecified atom stereocenters. The normalized spacial score (nSPS) is 51.6. The fourth-order valence-electron chi connectivity index (χ4n) is 11.5. The van der Waals surface area contributed by atoms with Crippen LogP contribution in [0.15, 0.2) is 11.6 Å². The van der Waals surface area contributed by atoms with Crippen molar-refractivity contribution in [1.29, 1.82) is 0 Å². The topological polar surface area (TPSA) is 127 Å². The monoisotopic (exact) mass is 590 g/mol. The van der Waals surface area contributed by atoms with Crippen LogP contribution in [0, 0.1) is 56.2 Å². The van der Waals surface area contributed by atoms with Gasteiger partial charge in [0.25, 0.3) is 0 Å². The zero-order valence-electron chi connectivity index (χ0n) is 27.5. The molecule has 4 fully saturated rings. The molecule has 0 amide bonds. The van der Waals surface area contributed by atoms with Gasteiger partial charge in [-0.25, -0.2) is 0 Å². The third-order valence-corrected chi connectivity index (χ3v) is 14.7. The van der Waals surface area contributed by atoms with Crippen molar-refractivity contribution in [2.75, 3.05) is 6.61 Å². The highest BCUT2D eigenvalue weighted by molar-refractivity contribution is 5.72. The largest absolute Gasteiger partial charge is 0.459 e. The summed E-state index contributed by atoms with van der Waals surface area (Å²) in [4.78, 5) is 13.2. The summed E-state index contributed by atoms with van der Waals surface area (Å²) in [5, 5.41) is 58.4. The lowest BCUT2D eigenvalue weighted by molar-refractivity contribution is -0.291. The van der Waals surface area contributed by atoms with Crippen molar-refractivity contribution in [3.63, 3.8) is 0 Å². The van der Waals surface area contributed by atoms with Gasteiger partial charge in [-0.15, -0.1) is 0 Å². The SMILES string of the molecule is CCC(C)C(=O)O[C@H]1[C@H](O)C(C)(C)C[C@H]2C3=CC[C@@H]4[C@@]5(C)CC[C@H](O)C(C)(C)[C@@H]5CC[C@@]4(C)[C@]3(C)[C@@H](O)[C@@H](O)[C@]21CO. The molecule has 7 heteroatoms. The fourth-order valence-corrected chi connectivity index (χ4v) is 11.5. The van der Waals surface area contributed by atoms with Crippen molar-refractivity contribution in [2.24, 2.45) is 56.2 Å². The molecule has 42 heavy (non-hydrogen) atoms. The van der Waals surface area contributed by atoms with E-state index in [9.17, 15) is 30.3 Å². The Kier molecular flexibility index (Phi) is 7.72. The Morgan fingerprint density at radius 1 is 0.952 bits per heavy atom. The second-order valence-electron chi connectivity index (χ2n) is 17.1. The van der Waals surface area contributed by atoms with Crippen LogP contribution in [0.4, 0.5) is 0 Å². The molecule has 5 aliphatic carbocycles. The van der Waals surface area contributed by atoms with Gasteiger partial charge in [-0.05, 0) is 84.4 Å². The Balaban J connectivity index is 1.66. The van der Waals surface area contributed by atoms with Crippen molar-refractivity contribution >= 4 is 5.97 Å². The Bertz CT molecular complexity index is 1110. The Hall–Kier alpha value is -0.990. The maximum absolute atomic E-state index is 13.2.